The van der Waals surface area contributed by atoms with Gasteiger partial charge in [-0.1, -0.05) is 18.2 Å². The Labute approximate surface area is 173 Å². The summed E-state index contributed by atoms with van der Waals surface area (Å²) in [4.78, 5) is 37.0. The average molecular weight is 413 g/mol. The van der Waals surface area contributed by atoms with Crippen LogP contribution in [0.2, 0.25) is 0 Å². The maximum absolute atomic E-state index is 12.5. The Hall–Kier alpha value is -3.75. The Morgan fingerprint density at radius 2 is 1.77 bits per heavy atom. The fraction of sp³-hybridized carbons (Fsp3) is 0.286. The molecule has 0 bridgehead atoms. The van der Waals surface area contributed by atoms with E-state index in [1.165, 1.54) is 0 Å². The molecule has 3 amide bonds. The Balaban J connectivity index is 1.51. The standard InChI is InChI=1S/C21H23N3O6/c1-2-24(11-15-5-8-17-18(9-15)30-13-29-17)19(25)12-28-20(26)16-6-3-14(4-7-16)10-23-21(22)27/h3-9H,2,10-13H2,1H3,(H3,22,23,27). The van der Waals surface area contributed by atoms with Crippen LogP contribution in [-0.4, -0.2) is 42.8 Å². The second-order valence-electron chi connectivity index (χ2n) is 6.59. The quantitative estimate of drug-likeness (QED) is 0.637. The molecule has 0 spiro atoms. The van der Waals surface area contributed by atoms with Crippen molar-refractivity contribution in [1.29, 1.82) is 0 Å². The maximum atomic E-state index is 12.5. The number of benzene rings is 2. The van der Waals surface area contributed by atoms with Crippen LogP contribution < -0.4 is 20.5 Å². The number of esters is 1. The van der Waals surface area contributed by atoms with E-state index in [1.807, 2.05) is 19.1 Å². The molecular formula is C21H23N3O6. The van der Waals surface area contributed by atoms with Crippen molar-refractivity contribution in [2.75, 3.05) is 19.9 Å². The number of nitrogens with zero attached hydrogens (tertiary/aromatic N) is 1. The Bertz CT molecular complexity index is 929. The summed E-state index contributed by atoms with van der Waals surface area (Å²) in [5, 5.41) is 2.46. The summed E-state index contributed by atoms with van der Waals surface area (Å²) in [5.41, 5.74) is 7.00. The van der Waals surface area contributed by atoms with Gasteiger partial charge in [0.1, 0.15) is 0 Å². The third-order valence-electron chi connectivity index (χ3n) is 4.53. The van der Waals surface area contributed by atoms with Crippen molar-refractivity contribution in [1.82, 2.24) is 10.2 Å². The monoisotopic (exact) mass is 413 g/mol. The van der Waals surface area contributed by atoms with Gasteiger partial charge in [-0.2, -0.15) is 0 Å². The summed E-state index contributed by atoms with van der Waals surface area (Å²) in [6, 6.07) is 11.3. The van der Waals surface area contributed by atoms with Crippen LogP contribution in [0.4, 0.5) is 4.79 Å². The van der Waals surface area contributed by atoms with Crippen LogP contribution in [0.3, 0.4) is 0 Å². The van der Waals surface area contributed by atoms with Crippen molar-refractivity contribution >= 4 is 17.9 Å². The summed E-state index contributed by atoms with van der Waals surface area (Å²) >= 11 is 0. The van der Waals surface area contributed by atoms with Gasteiger partial charge in [0, 0.05) is 19.6 Å². The van der Waals surface area contributed by atoms with Gasteiger partial charge in [-0.15, -0.1) is 0 Å². The molecule has 9 heteroatoms. The highest BCUT2D eigenvalue weighted by molar-refractivity contribution is 5.91. The van der Waals surface area contributed by atoms with Crippen molar-refractivity contribution in [3.63, 3.8) is 0 Å². The molecular weight excluding hydrogens is 390 g/mol. The van der Waals surface area contributed by atoms with Crippen molar-refractivity contribution in [3.8, 4) is 11.5 Å². The van der Waals surface area contributed by atoms with Gasteiger partial charge >= 0.3 is 12.0 Å². The number of fused-ring (bicyclic) bond motifs is 1. The first-order valence-corrected chi connectivity index (χ1v) is 9.42. The molecule has 0 unspecified atom stereocenters. The lowest BCUT2D eigenvalue weighted by Crippen LogP contribution is -2.34. The Kier molecular flexibility index (Phi) is 6.74. The summed E-state index contributed by atoms with van der Waals surface area (Å²) in [6.07, 6.45) is 0. The summed E-state index contributed by atoms with van der Waals surface area (Å²) in [7, 11) is 0. The number of nitrogens with two attached hydrogens (primary N) is 1. The number of carbonyl (C=O) groups is 3. The lowest BCUT2D eigenvalue weighted by molar-refractivity contribution is -0.134. The fourth-order valence-electron chi connectivity index (χ4n) is 2.89. The third-order valence-corrected chi connectivity index (χ3v) is 4.53. The summed E-state index contributed by atoms with van der Waals surface area (Å²) in [5.74, 6) is 0.429. The van der Waals surface area contributed by atoms with Crippen LogP contribution in [0.25, 0.3) is 0 Å². The van der Waals surface area contributed by atoms with Crippen molar-refractivity contribution in [2.45, 2.75) is 20.0 Å². The molecule has 0 aliphatic carbocycles. The van der Waals surface area contributed by atoms with E-state index in [0.717, 1.165) is 11.1 Å². The van der Waals surface area contributed by atoms with E-state index in [9.17, 15) is 14.4 Å². The van der Waals surface area contributed by atoms with Gasteiger partial charge in [-0.05, 0) is 42.3 Å². The fourth-order valence-corrected chi connectivity index (χ4v) is 2.89. The molecule has 1 aliphatic heterocycles. The van der Waals surface area contributed by atoms with Crippen LogP contribution in [0.15, 0.2) is 42.5 Å². The summed E-state index contributed by atoms with van der Waals surface area (Å²) < 4.78 is 15.8. The molecule has 1 aliphatic rings. The maximum Gasteiger partial charge on any atom is 0.338 e. The number of nitrogens with one attached hydrogen (secondary N) is 1. The topological polar surface area (TPSA) is 120 Å². The molecule has 0 radical (unpaired) electrons. The van der Waals surface area contributed by atoms with E-state index in [1.54, 1.807) is 35.2 Å². The van der Waals surface area contributed by atoms with Crippen LogP contribution in [0, 0.1) is 0 Å². The van der Waals surface area contributed by atoms with Crippen molar-refractivity contribution in [3.05, 3.63) is 59.2 Å². The Morgan fingerprint density at radius 1 is 1.07 bits per heavy atom. The highest BCUT2D eigenvalue weighted by Crippen LogP contribution is 2.32. The molecule has 2 aromatic carbocycles. The van der Waals surface area contributed by atoms with Crippen LogP contribution in [0.1, 0.15) is 28.4 Å². The minimum atomic E-state index is -0.627. The minimum Gasteiger partial charge on any atom is -0.454 e. The number of likely N-dealkylation sites (N-methyl/N-ethyl adjacent to an activating group) is 1. The van der Waals surface area contributed by atoms with Gasteiger partial charge in [-0.3, -0.25) is 4.79 Å². The number of hydrogen-bond acceptors (Lipinski definition) is 6. The smallest absolute Gasteiger partial charge is 0.338 e. The van der Waals surface area contributed by atoms with Gasteiger partial charge in [0.15, 0.2) is 18.1 Å². The lowest BCUT2D eigenvalue weighted by atomic mass is 10.1. The molecule has 2 aromatic rings. The highest BCUT2D eigenvalue weighted by atomic mass is 16.7. The van der Waals surface area contributed by atoms with Gasteiger partial charge in [0.2, 0.25) is 6.79 Å². The van der Waals surface area contributed by atoms with E-state index >= 15 is 0 Å². The molecule has 0 saturated carbocycles. The van der Waals surface area contributed by atoms with Crippen LogP contribution in [-0.2, 0) is 22.6 Å². The van der Waals surface area contributed by atoms with Crippen molar-refractivity contribution < 1.29 is 28.6 Å². The second-order valence-corrected chi connectivity index (χ2v) is 6.59. The minimum absolute atomic E-state index is 0.188. The van der Waals surface area contributed by atoms with Crippen molar-refractivity contribution in [2.24, 2.45) is 5.73 Å². The zero-order valence-electron chi connectivity index (χ0n) is 16.6. The van der Waals surface area contributed by atoms with Crippen LogP contribution >= 0.6 is 0 Å². The number of carbonyl (C=O) groups excluding carboxylic acids is 3. The van der Waals surface area contributed by atoms with E-state index < -0.39 is 12.0 Å². The van der Waals surface area contributed by atoms with E-state index in [0.29, 0.717) is 30.2 Å². The zero-order valence-corrected chi connectivity index (χ0v) is 16.6. The number of rotatable bonds is 8. The molecule has 3 rings (SSSR count). The van der Waals surface area contributed by atoms with Crippen LogP contribution in [0.5, 0.6) is 11.5 Å². The molecule has 0 aromatic heterocycles. The number of ether oxygens (including phenoxy) is 3. The average Bonchev–Trinajstić information content (AvgIpc) is 3.22. The first-order chi connectivity index (χ1) is 14.5. The molecule has 30 heavy (non-hydrogen) atoms. The Morgan fingerprint density at radius 3 is 2.47 bits per heavy atom. The zero-order chi connectivity index (χ0) is 21.5. The highest BCUT2D eigenvalue weighted by Gasteiger charge is 2.18. The molecule has 9 nitrogen and oxygen atoms in total. The van der Waals surface area contributed by atoms with Gasteiger partial charge in [0.05, 0.1) is 5.56 Å². The molecule has 0 atom stereocenters. The van der Waals surface area contributed by atoms with Gasteiger partial charge < -0.3 is 30.2 Å². The van der Waals surface area contributed by atoms with E-state index in [-0.39, 0.29) is 25.9 Å². The number of hydrogen-bond donors (Lipinski definition) is 2. The van der Waals surface area contributed by atoms with E-state index in [4.69, 9.17) is 19.9 Å². The molecule has 158 valence electrons. The predicted molar refractivity (Wildman–Crippen MR) is 107 cm³/mol. The largest absolute Gasteiger partial charge is 0.454 e. The molecule has 1 heterocycles. The first kappa shape index (κ1) is 21.0. The molecule has 0 fully saturated rings. The van der Waals surface area contributed by atoms with E-state index in [2.05, 4.69) is 5.32 Å². The summed E-state index contributed by atoms with van der Waals surface area (Å²) in [6.45, 7) is 2.77. The lowest BCUT2D eigenvalue weighted by Gasteiger charge is -2.21. The SMILES string of the molecule is CCN(Cc1ccc2c(c1)OCO2)C(=O)COC(=O)c1ccc(CNC(N)=O)cc1. The van der Waals surface area contributed by atoms with Gasteiger partial charge in [0.25, 0.3) is 5.91 Å². The predicted octanol–water partition coefficient (Wildman–Crippen LogP) is 1.79. The number of primary amides is 1. The molecule has 0 saturated heterocycles. The van der Waals surface area contributed by atoms with Gasteiger partial charge in [-0.25, -0.2) is 9.59 Å². The second kappa shape index (κ2) is 9.64. The third kappa shape index (κ3) is 5.40. The normalized spacial score (nSPS) is 11.6. The first-order valence-electron chi connectivity index (χ1n) is 9.42. The number of amides is 3. The molecule has 3 N–H and O–H groups in total. The number of urea groups is 1.